The zero-order valence-corrected chi connectivity index (χ0v) is 13.4. The largest absolute Gasteiger partial charge is 0.384 e. The van der Waals surface area contributed by atoms with Gasteiger partial charge in [-0.25, -0.2) is 0 Å². The summed E-state index contributed by atoms with van der Waals surface area (Å²) in [7, 11) is 0. The second-order valence-corrected chi connectivity index (χ2v) is 6.03. The predicted molar refractivity (Wildman–Crippen MR) is 98.7 cm³/mol. The Labute approximate surface area is 133 Å². The average molecular weight is 291 g/mol. The zero-order chi connectivity index (χ0) is 15.2. The van der Waals surface area contributed by atoms with Crippen molar-refractivity contribution in [3.63, 3.8) is 0 Å². The molecule has 0 bridgehead atoms. The van der Waals surface area contributed by atoms with Crippen LogP contribution in [0.3, 0.4) is 0 Å². The second kappa shape index (κ2) is 7.31. The lowest BCUT2D eigenvalue weighted by Crippen LogP contribution is -2.02. The van der Waals surface area contributed by atoms with Crippen LogP contribution in [0.5, 0.6) is 0 Å². The molecule has 22 heavy (non-hydrogen) atoms. The van der Waals surface area contributed by atoms with E-state index in [9.17, 15) is 0 Å². The van der Waals surface area contributed by atoms with Crippen LogP contribution >= 0.6 is 0 Å². The van der Waals surface area contributed by atoms with Gasteiger partial charge in [0.1, 0.15) is 0 Å². The number of hydrogen-bond acceptors (Lipinski definition) is 1. The molecule has 0 atom stereocenters. The Morgan fingerprint density at radius 1 is 0.727 bits per heavy atom. The summed E-state index contributed by atoms with van der Waals surface area (Å²) in [6, 6.07) is 19.6. The Morgan fingerprint density at radius 3 is 1.95 bits per heavy atom. The van der Waals surface area contributed by atoms with Crippen molar-refractivity contribution in [1.29, 1.82) is 0 Å². The first kappa shape index (κ1) is 14.9. The number of hydrogen-bond donors (Lipinski definition) is 1. The van der Waals surface area contributed by atoms with Crippen LogP contribution in [0.4, 0.5) is 5.69 Å². The van der Waals surface area contributed by atoms with Crippen molar-refractivity contribution in [1.82, 2.24) is 0 Å². The molecule has 0 saturated carbocycles. The van der Waals surface area contributed by atoms with Gasteiger partial charge in [-0.2, -0.15) is 0 Å². The van der Waals surface area contributed by atoms with Gasteiger partial charge in [0, 0.05) is 23.0 Å². The van der Waals surface area contributed by atoms with E-state index in [0.717, 1.165) is 6.54 Å². The van der Waals surface area contributed by atoms with Gasteiger partial charge < -0.3 is 5.32 Å². The quantitative estimate of drug-likeness (QED) is 0.393. The summed E-state index contributed by atoms with van der Waals surface area (Å²) in [5.41, 5.74) is 1.30. The first-order chi connectivity index (χ1) is 10.9. The lowest BCUT2D eigenvalue weighted by atomic mass is 10.0. The van der Waals surface area contributed by atoms with Gasteiger partial charge >= 0.3 is 0 Å². The van der Waals surface area contributed by atoms with Crippen molar-refractivity contribution >= 4 is 27.2 Å². The minimum atomic E-state index is 1.06. The van der Waals surface area contributed by atoms with E-state index in [0.29, 0.717) is 0 Å². The highest BCUT2D eigenvalue weighted by atomic mass is 14.9. The minimum Gasteiger partial charge on any atom is -0.384 e. The number of anilines is 1. The Hall–Kier alpha value is -2.02. The van der Waals surface area contributed by atoms with Crippen molar-refractivity contribution in [2.45, 2.75) is 39.0 Å². The SMILES string of the molecule is CCCCCCCNc1c2ccccc2cc2ccccc12. The summed E-state index contributed by atoms with van der Waals surface area (Å²) >= 11 is 0. The molecule has 0 saturated heterocycles. The van der Waals surface area contributed by atoms with E-state index in [1.54, 1.807) is 0 Å². The minimum absolute atomic E-state index is 1.06. The summed E-state index contributed by atoms with van der Waals surface area (Å²) in [5.74, 6) is 0. The topological polar surface area (TPSA) is 12.0 Å². The lowest BCUT2D eigenvalue weighted by Gasteiger charge is -2.14. The molecule has 0 unspecified atom stereocenters. The Balaban J connectivity index is 1.85. The fraction of sp³-hybridized carbons (Fsp3) is 0.333. The molecule has 0 spiro atoms. The third-order valence-electron chi connectivity index (χ3n) is 4.35. The molecular formula is C21H25N. The van der Waals surface area contributed by atoms with Crippen molar-refractivity contribution < 1.29 is 0 Å². The van der Waals surface area contributed by atoms with Crippen LogP contribution in [0.15, 0.2) is 54.6 Å². The molecular weight excluding hydrogens is 266 g/mol. The molecule has 1 N–H and O–H groups in total. The molecule has 1 nitrogen and oxygen atoms in total. The first-order valence-corrected chi connectivity index (χ1v) is 8.54. The fourth-order valence-corrected chi connectivity index (χ4v) is 3.15. The molecule has 0 aliphatic rings. The number of unbranched alkanes of at least 4 members (excludes halogenated alkanes) is 4. The lowest BCUT2D eigenvalue weighted by molar-refractivity contribution is 0.645. The molecule has 0 heterocycles. The molecule has 3 rings (SSSR count). The van der Waals surface area contributed by atoms with Gasteiger partial charge in [0.2, 0.25) is 0 Å². The standard InChI is InChI=1S/C21H25N/c1-2-3-4-5-10-15-22-21-19-13-8-6-11-17(19)16-18-12-7-9-14-20(18)21/h6-9,11-14,16,22H,2-5,10,15H2,1H3. The molecule has 0 aromatic heterocycles. The van der Waals surface area contributed by atoms with Gasteiger partial charge in [-0.05, 0) is 23.3 Å². The number of fused-ring (bicyclic) bond motifs is 2. The Bertz CT molecular complexity index is 691. The van der Waals surface area contributed by atoms with Gasteiger partial charge in [-0.3, -0.25) is 0 Å². The highest BCUT2D eigenvalue weighted by molar-refractivity contribution is 6.10. The molecule has 0 fully saturated rings. The normalized spacial score (nSPS) is 11.1. The van der Waals surface area contributed by atoms with Gasteiger partial charge in [0.15, 0.2) is 0 Å². The Kier molecular flexibility index (Phi) is 4.95. The van der Waals surface area contributed by atoms with E-state index in [1.165, 1.54) is 59.3 Å². The van der Waals surface area contributed by atoms with Crippen LogP contribution in [-0.2, 0) is 0 Å². The second-order valence-electron chi connectivity index (χ2n) is 6.03. The third-order valence-corrected chi connectivity index (χ3v) is 4.35. The van der Waals surface area contributed by atoms with Crippen LogP contribution in [0.25, 0.3) is 21.5 Å². The van der Waals surface area contributed by atoms with Crippen LogP contribution in [0.2, 0.25) is 0 Å². The van der Waals surface area contributed by atoms with Gasteiger partial charge in [0.05, 0.1) is 0 Å². The monoisotopic (exact) mass is 291 g/mol. The van der Waals surface area contributed by atoms with E-state index in [4.69, 9.17) is 0 Å². The number of rotatable bonds is 7. The maximum atomic E-state index is 3.71. The number of nitrogens with one attached hydrogen (secondary N) is 1. The molecule has 0 amide bonds. The van der Waals surface area contributed by atoms with E-state index in [2.05, 4.69) is 66.8 Å². The Morgan fingerprint density at radius 2 is 1.32 bits per heavy atom. The summed E-state index contributed by atoms with van der Waals surface area (Å²) in [5, 5.41) is 8.99. The summed E-state index contributed by atoms with van der Waals surface area (Å²) in [4.78, 5) is 0. The van der Waals surface area contributed by atoms with Crippen LogP contribution < -0.4 is 5.32 Å². The van der Waals surface area contributed by atoms with E-state index in [-0.39, 0.29) is 0 Å². The molecule has 3 aromatic carbocycles. The van der Waals surface area contributed by atoms with Gasteiger partial charge in [-0.1, -0.05) is 81.1 Å². The van der Waals surface area contributed by atoms with Crippen LogP contribution in [0.1, 0.15) is 39.0 Å². The molecule has 3 aromatic rings. The predicted octanol–water partition coefficient (Wildman–Crippen LogP) is 6.38. The number of benzene rings is 3. The van der Waals surface area contributed by atoms with E-state index < -0.39 is 0 Å². The highest BCUT2D eigenvalue weighted by Crippen LogP contribution is 2.32. The van der Waals surface area contributed by atoms with Gasteiger partial charge in [0.25, 0.3) is 0 Å². The maximum Gasteiger partial charge on any atom is 0.0499 e. The summed E-state index contributed by atoms with van der Waals surface area (Å²) < 4.78 is 0. The fourth-order valence-electron chi connectivity index (χ4n) is 3.15. The van der Waals surface area contributed by atoms with E-state index in [1.807, 2.05) is 0 Å². The molecule has 0 radical (unpaired) electrons. The van der Waals surface area contributed by atoms with Crippen molar-refractivity contribution in [3.8, 4) is 0 Å². The zero-order valence-electron chi connectivity index (χ0n) is 13.4. The van der Waals surface area contributed by atoms with Crippen LogP contribution in [0, 0.1) is 0 Å². The first-order valence-electron chi connectivity index (χ1n) is 8.54. The molecule has 0 aliphatic heterocycles. The smallest absolute Gasteiger partial charge is 0.0499 e. The molecule has 1 heteroatoms. The van der Waals surface area contributed by atoms with Crippen molar-refractivity contribution in [3.05, 3.63) is 54.6 Å². The van der Waals surface area contributed by atoms with E-state index >= 15 is 0 Å². The molecule has 0 aliphatic carbocycles. The molecule has 114 valence electrons. The highest BCUT2D eigenvalue weighted by Gasteiger charge is 2.06. The van der Waals surface area contributed by atoms with Gasteiger partial charge in [-0.15, -0.1) is 0 Å². The van der Waals surface area contributed by atoms with Crippen LogP contribution in [-0.4, -0.2) is 6.54 Å². The van der Waals surface area contributed by atoms with Crippen molar-refractivity contribution in [2.24, 2.45) is 0 Å². The van der Waals surface area contributed by atoms with Crippen molar-refractivity contribution in [2.75, 3.05) is 11.9 Å². The summed E-state index contributed by atoms with van der Waals surface area (Å²) in [6.07, 6.45) is 6.59. The third kappa shape index (κ3) is 3.24. The maximum absolute atomic E-state index is 3.71. The summed E-state index contributed by atoms with van der Waals surface area (Å²) in [6.45, 7) is 3.32. The average Bonchev–Trinajstić information content (AvgIpc) is 2.57.